The van der Waals surface area contributed by atoms with Crippen molar-refractivity contribution in [1.82, 2.24) is 5.48 Å². The first kappa shape index (κ1) is 9.98. The Kier molecular flexibility index (Phi) is 2.87. The molecule has 0 aromatic heterocycles. The van der Waals surface area contributed by atoms with Gasteiger partial charge < -0.3 is 9.57 Å². The van der Waals surface area contributed by atoms with Crippen LogP contribution in [0.25, 0.3) is 0 Å². The number of hydrogen-bond acceptors (Lipinski definition) is 4. The second kappa shape index (κ2) is 4.31. The topological polar surface area (TPSA) is 47.6 Å². The first-order valence-electron chi connectivity index (χ1n) is 4.86. The van der Waals surface area contributed by atoms with Crippen LogP contribution in [0.4, 0.5) is 0 Å². The molecule has 15 heavy (non-hydrogen) atoms. The maximum absolute atomic E-state index is 11.2. The summed E-state index contributed by atoms with van der Waals surface area (Å²) < 4.78 is 5.06. The van der Waals surface area contributed by atoms with Crippen LogP contribution in [0.15, 0.2) is 24.3 Å². The minimum Gasteiger partial charge on any atom is -0.497 e. The second-order valence-electron chi connectivity index (χ2n) is 3.52. The fourth-order valence-corrected chi connectivity index (χ4v) is 1.58. The quantitative estimate of drug-likeness (QED) is 0.800. The molecule has 0 radical (unpaired) electrons. The van der Waals surface area contributed by atoms with Gasteiger partial charge in [-0.3, -0.25) is 0 Å². The van der Waals surface area contributed by atoms with E-state index in [0.717, 1.165) is 11.3 Å². The van der Waals surface area contributed by atoms with Gasteiger partial charge in [-0.1, -0.05) is 12.1 Å². The monoisotopic (exact) mass is 207 g/mol. The number of methoxy groups -OCH3 is 1. The van der Waals surface area contributed by atoms with Gasteiger partial charge in [0.15, 0.2) is 0 Å². The van der Waals surface area contributed by atoms with Crippen molar-refractivity contribution in [3.05, 3.63) is 29.8 Å². The van der Waals surface area contributed by atoms with Gasteiger partial charge in [0.25, 0.3) is 0 Å². The highest BCUT2D eigenvalue weighted by Crippen LogP contribution is 2.16. The van der Waals surface area contributed by atoms with Crippen LogP contribution in [0.5, 0.6) is 5.75 Å². The molecule has 1 unspecified atom stereocenters. The minimum atomic E-state index is -0.175. The Hall–Kier alpha value is -1.55. The van der Waals surface area contributed by atoms with E-state index in [1.165, 1.54) is 0 Å². The average Bonchev–Trinajstić information content (AvgIpc) is 2.66. The number of carbonyl (C=O) groups is 1. The van der Waals surface area contributed by atoms with Crippen LogP contribution in [0, 0.1) is 5.92 Å². The maximum atomic E-state index is 11.2. The van der Waals surface area contributed by atoms with Gasteiger partial charge >= 0.3 is 5.97 Å². The van der Waals surface area contributed by atoms with E-state index in [1.54, 1.807) is 7.11 Å². The Balaban J connectivity index is 2.01. The summed E-state index contributed by atoms with van der Waals surface area (Å²) in [5.74, 6) is 0.579. The number of carbonyl (C=O) groups excluding carboxylic acids is 1. The largest absolute Gasteiger partial charge is 0.497 e. The fraction of sp³-hybridized carbons (Fsp3) is 0.364. The zero-order valence-corrected chi connectivity index (χ0v) is 8.53. The number of hydroxylamine groups is 1. The summed E-state index contributed by atoms with van der Waals surface area (Å²) in [6.07, 6.45) is 0.704. The van der Waals surface area contributed by atoms with Gasteiger partial charge in [-0.2, -0.15) is 5.48 Å². The van der Waals surface area contributed by atoms with Crippen molar-refractivity contribution in [2.45, 2.75) is 6.42 Å². The van der Waals surface area contributed by atoms with E-state index in [-0.39, 0.29) is 11.9 Å². The Morgan fingerprint density at radius 2 is 2.20 bits per heavy atom. The molecule has 4 nitrogen and oxygen atoms in total. The van der Waals surface area contributed by atoms with Crippen LogP contribution in [-0.4, -0.2) is 19.6 Å². The predicted molar refractivity (Wildman–Crippen MR) is 54.3 cm³/mol. The van der Waals surface area contributed by atoms with E-state index in [0.29, 0.717) is 13.0 Å². The van der Waals surface area contributed by atoms with E-state index in [2.05, 4.69) is 10.3 Å². The third-order valence-corrected chi connectivity index (χ3v) is 2.48. The van der Waals surface area contributed by atoms with E-state index in [4.69, 9.17) is 4.74 Å². The Labute approximate surface area is 88.1 Å². The highest BCUT2D eigenvalue weighted by molar-refractivity contribution is 5.74. The number of rotatable bonds is 3. The molecule has 1 saturated heterocycles. The lowest BCUT2D eigenvalue weighted by atomic mass is 10.0. The van der Waals surface area contributed by atoms with Gasteiger partial charge in [0, 0.05) is 6.54 Å². The molecule has 1 aliphatic rings. The third-order valence-electron chi connectivity index (χ3n) is 2.48. The van der Waals surface area contributed by atoms with E-state index in [1.807, 2.05) is 24.3 Å². The van der Waals surface area contributed by atoms with Crippen LogP contribution in [-0.2, 0) is 16.1 Å². The molecule has 0 bridgehead atoms. The summed E-state index contributed by atoms with van der Waals surface area (Å²) in [7, 11) is 1.63. The van der Waals surface area contributed by atoms with Crippen molar-refractivity contribution in [2.24, 2.45) is 5.92 Å². The molecular formula is C11H13NO3. The van der Waals surface area contributed by atoms with Gasteiger partial charge in [0.05, 0.1) is 13.0 Å². The molecular weight excluding hydrogens is 194 g/mol. The molecule has 1 heterocycles. The molecule has 80 valence electrons. The molecule has 1 atom stereocenters. The van der Waals surface area contributed by atoms with Crippen molar-refractivity contribution in [3.63, 3.8) is 0 Å². The van der Waals surface area contributed by atoms with Gasteiger partial charge in [-0.25, -0.2) is 4.79 Å². The van der Waals surface area contributed by atoms with Crippen LogP contribution in [0.2, 0.25) is 0 Å². The summed E-state index contributed by atoms with van der Waals surface area (Å²) in [5.41, 5.74) is 3.70. The van der Waals surface area contributed by atoms with E-state index < -0.39 is 0 Å². The fourth-order valence-electron chi connectivity index (χ4n) is 1.58. The van der Waals surface area contributed by atoms with Crippen molar-refractivity contribution in [1.29, 1.82) is 0 Å². The lowest BCUT2D eigenvalue weighted by Gasteiger charge is -2.05. The summed E-state index contributed by atoms with van der Waals surface area (Å²) >= 11 is 0. The van der Waals surface area contributed by atoms with E-state index in [9.17, 15) is 4.79 Å². The molecule has 1 aromatic carbocycles. The molecule has 1 N–H and O–H groups in total. The molecule has 0 amide bonds. The number of ether oxygens (including phenoxy) is 1. The number of benzene rings is 1. The highest BCUT2D eigenvalue weighted by atomic mass is 16.7. The van der Waals surface area contributed by atoms with Crippen molar-refractivity contribution in [3.8, 4) is 5.75 Å². The smallest absolute Gasteiger partial charge is 0.329 e. The summed E-state index contributed by atoms with van der Waals surface area (Å²) in [5, 5.41) is 0. The van der Waals surface area contributed by atoms with Crippen molar-refractivity contribution in [2.75, 3.05) is 13.7 Å². The first-order valence-corrected chi connectivity index (χ1v) is 4.86. The second-order valence-corrected chi connectivity index (χ2v) is 3.52. The number of nitrogens with one attached hydrogen (secondary N) is 1. The zero-order chi connectivity index (χ0) is 10.7. The van der Waals surface area contributed by atoms with Crippen LogP contribution >= 0.6 is 0 Å². The van der Waals surface area contributed by atoms with Crippen molar-refractivity contribution >= 4 is 5.97 Å². The number of hydrogen-bond donors (Lipinski definition) is 1. The molecule has 1 aromatic rings. The predicted octanol–water partition coefficient (Wildman–Crippen LogP) is 0.915. The molecule has 4 heteroatoms. The van der Waals surface area contributed by atoms with Gasteiger partial charge in [0.2, 0.25) is 0 Å². The normalized spacial score (nSPS) is 20.1. The third kappa shape index (κ3) is 2.27. The van der Waals surface area contributed by atoms with Gasteiger partial charge in [0.1, 0.15) is 5.75 Å². The molecule has 0 aliphatic carbocycles. The van der Waals surface area contributed by atoms with Crippen molar-refractivity contribution < 1.29 is 14.4 Å². The summed E-state index contributed by atoms with van der Waals surface area (Å²) in [6, 6.07) is 7.71. The highest BCUT2D eigenvalue weighted by Gasteiger charge is 2.26. The lowest BCUT2D eigenvalue weighted by Crippen LogP contribution is -2.13. The Bertz CT molecular complexity index is 347. The molecule has 1 fully saturated rings. The van der Waals surface area contributed by atoms with Crippen LogP contribution < -0.4 is 10.2 Å². The minimum absolute atomic E-state index is 0.0709. The van der Waals surface area contributed by atoms with Crippen LogP contribution in [0.1, 0.15) is 5.56 Å². The summed E-state index contributed by atoms with van der Waals surface area (Å²) in [6.45, 7) is 0.588. The van der Waals surface area contributed by atoms with Gasteiger partial charge in [-0.05, 0) is 24.1 Å². The Morgan fingerprint density at radius 3 is 2.73 bits per heavy atom. The van der Waals surface area contributed by atoms with E-state index >= 15 is 0 Å². The lowest BCUT2D eigenvalue weighted by molar-refractivity contribution is -0.145. The van der Waals surface area contributed by atoms with Crippen LogP contribution in [0.3, 0.4) is 0 Å². The average molecular weight is 207 g/mol. The summed E-state index contributed by atoms with van der Waals surface area (Å²) in [4.78, 5) is 15.9. The maximum Gasteiger partial charge on any atom is 0.329 e. The van der Waals surface area contributed by atoms with Gasteiger partial charge in [-0.15, -0.1) is 0 Å². The SMILES string of the molecule is COc1ccc(CC2CNOC2=O)cc1. The first-order chi connectivity index (χ1) is 7.29. The molecule has 0 saturated carbocycles. The molecule has 1 aliphatic heterocycles. The standard InChI is InChI=1S/C11H13NO3/c1-14-10-4-2-8(3-5-10)6-9-7-12-15-11(9)13/h2-5,9,12H,6-7H2,1H3. The molecule has 0 spiro atoms. The molecule has 2 rings (SSSR count). The zero-order valence-electron chi connectivity index (χ0n) is 8.53. The Morgan fingerprint density at radius 1 is 1.47 bits per heavy atom.